The van der Waals surface area contributed by atoms with Crippen molar-refractivity contribution >= 4 is 0 Å². The zero-order valence-electron chi connectivity index (χ0n) is 13.7. The van der Waals surface area contributed by atoms with E-state index in [1.807, 2.05) is 0 Å². The molecule has 0 unspecified atom stereocenters. The van der Waals surface area contributed by atoms with Gasteiger partial charge in [-0.1, -0.05) is 0 Å². The number of aryl methyl sites for hydroxylation is 2. The first-order chi connectivity index (χ1) is 11.7. The summed E-state index contributed by atoms with van der Waals surface area (Å²) >= 11 is 0. The van der Waals surface area contributed by atoms with Crippen LogP contribution in [0.3, 0.4) is 0 Å². The number of H-pyrrole nitrogens is 1. The summed E-state index contributed by atoms with van der Waals surface area (Å²) in [6.07, 6.45) is 6.75. The highest BCUT2D eigenvalue weighted by molar-refractivity contribution is 5.34. The quantitative estimate of drug-likeness (QED) is 0.938. The number of aromatic nitrogens is 2. The number of nitrogens with zero attached hydrogens (tertiary/aromatic N) is 3. The van der Waals surface area contributed by atoms with E-state index in [1.165, 1.54) is 36.4 Å². The Labute approximate surface area is 141 Å². The van der Waals surface area contributed by atoms with Gasteiger partial charge in [-0.05, 0) is 63.3 Å². The normalized spacial score (nSPS) is 20.8. The molecule has 2 heterocycles. The Hall–Kier alpha value is -2.19. The zero-order chi connectivity index (χ0) is 16.5. The first-order valence-electron chi connectivity index (χ1n) is 8.75. The number of hydrogen-bond donors (Lipinski definition) is 1. The molecule has 24 heavy (non-hydrogen) atoms. The molecule has 0 bridgehead atoms. The van der Waals surface area contributed by atoms with E-state index < -0.39 is 0 Å². The smallest absolute Gasteiger partial charge is 0.127 e. The predicted octanol–water partition coefficient (Wildman–Crippen LogP) is 3.64. The van der Waals surface area contributed by atoms with E-state index in [0.29, 0.717) is 17.7 Å². The molecule has 0 saturated carbocycles. The minimum atomic E-state index is -0.238. The summed E-state index contributed by atoms with van der Waals surface area (Å²) in [5.41, 5.74) is 3.62. The van der Waals surface area contributed by atoms with Gasteiger partial charge in [0.1, 0.15) is 11.6 Å². The lowest BCUT2D eigenvalue weighted by molar-refractivity contribution is 0.237. The number of nitrogens with one attached hydrogen (secondary N) is 1. The van der Waals surface area contributed by atoms with Gasteiger partial charge in [0.15, 0.2) is 0 Å². The van der Waals surface area contributed by atoms with Gasteiger partial charge in [-0.15, -0.1) is 0 Å². The summed E-state index contributed by atoms with van der Waals surface area (Å²) in [5, 5.41) is 9.04. The molecule has 0 radical (unpaired) electrons. The molecule has 1 aromatic heterocycles. The van der Waals surface area contributed by atoms with Crippen LogP contribution in [-0.4, -0.2) is 21.4 Å². The van der Waals surface area contributed by atoms with Crippen LogP contribution >= 0.6 is 0 Å². The Morgan fingerprint density at radius 3 is 3.00 bits per heavy atom. The zero-order valence-corrected chi connectivity index (χ0v) is 13.7. The van der Waals surface area contributed by atoms with Gasteiger partial charge >= 0.3 is 0 Å². The summed E-state index contributed by atoms with van der Waals surface area (Å²) in [5.74, 6) is 0.801. The molecule has 4 nitrogen and oxygen atoms in total. The maximum atomic E-state index is 14.1. The lowest BCUT2D eigenvalue weighted by Crippen LogP contribution is -2.24. The second kappa shape index (κ2) is 6.37. The molecule has 1 atom stereocenters. The monoisotopic (exact) mass is 324 g/mol. The SMILES string of the molecule is N#Cc1ccc(F)c(CN2CCC[C@@H]2c2nc3c([nH]2)CCCC3)c1. The molecule has 1 aliphatic carbocycles. The van der Waals surface area contributed by atoms with Crippen molar-refractivity contribution in [3.8, 4) is 6.07 Å². The van der Waals surface area contributed by atoms with Crippen LogP contribution in [0.4, 0.5) is 4.39 Å². The fourth-order valence-corrected chi connectivity index (χ4v) is 3.94. The number of imidazole rings is 1. The van der Waals surface area contributed by atoms with Crippen LogP contribution in [-0.2, 0) is 19.4 Å². The van der Waals surface area contributed by atoms with Gasteiger partial charge in [0, 0.05) is 17.8 Å². The molecule has 1 fully saturated rings. The Kier molecular flexibility index (Phi) is 4.07. The average Bonchev–Trinajstić information content (AvgIpc) is 3.22. The molecule has 124 valence electrons. The molecule has 2 aromatic rings. The third-order valence-corrected chi connectivity index (χ3v) is 5.20. The second-order valence-corrected chi connectivity index (χ2v) is 6.80. The predicted molar refractivity (Wildman–Crippen MR) is 88.7 cm³/mol. The molecule has 4 rings (SSSR count). The number of nitriles is 1. The van der Waals surface area contributed by atoms with Crippen molar-refractivity contribution in [3.63, 3.8) is 0 Å². The van der Waals surface area contributed by atoms with Gasteiger partial charge < -0.3 is 4.98 Å². The summed E-state index contributed by atoms with van der Waals surface area (Å²) in [7, 11) is 0. The minimum Gasteiger partial charge on any atom is -0.344 e. The fourth-order valence-electron chi connectivity index (χ4n) is 3.94. The standard InChI is InChI=1S/C19H21FN4/c20-15-8-7-13(11-21)10-14(15)12-24-9-3-6-18(24)19-22-16-4-1-2-5-17(16)23-19/h7-8,10,18H,1-6,9,12H2,(H,22,23)/t18-/m1/s1. The van der Waals surface area contributed by atoms with Crippen molar-refractivity contribution in [2.45, 2.75) is 51.1 Å². The number of benzene rings is 1. The molecule has 5 heteroatoms. The number of fused-ring (bicyclic) bond motifs is 1. The van der Waals surface area contributed by atoms with Crippen LogP contribution in [0.25, 0.3) is 0 Å². The van der Waals surface area contributed by atoms with Crippen LogP contribution < -0.4 is 0 Å². The summed E-state index contributed by atoms with van der Waals surface area (Å²) < 4.78 is 14.1. The van der Waals surface area contributed by atoms with Gasteiger partial charge in [0.25, 0.3) is 0 Å². The van der Waals surface area contributed by atoms with Crippen molar-refractivity contribution < 1.29 is 4.39 Å². The maximum Gasteiger partial charge on any atom is 0.127 e. The Morgan fingerprint density at radius 2 is 2.17 bits per heavy atom. The molecule has 1 aliphatic heterocycles. The van der Waals surface area contributed by atoms with Gasteiger partial charge in [-0.25, -0.2) is 9.37 Å². The third kappa shape index (κ3) is 2.83. The average molecular weight is 324 g/mol. The lowest BCUT2D eigenvalue weighted by Gasteiger charge is -2.23. The number of likely N-dealkylation sites (tertiary alicyclic amines) is 1. The van der Waals surface area contributed by atoms with Crippen LogP contribution in [0.15, 0.2) is 18.2 Å². The summed E-state index contributed by atoms with van der Waals surface area (Å²) in [4.78, 5) is 10.6. The number of rotatable bonds is 3. The summed E-state index contributed by atoms with van der Waals surface area (Å²) in [6.45, 7) is 1.46. The number of aromatic amines is 1. The van der Waals surface area contributed by atoms with E-state index in [9.17, 15) is 4.39 Å². The molecule has 1 saturated heterocycles. The molecule has 0 amide bonds. The Balaban J connectivity index is 1.57. The van der Waals surface area contributed by atoms with Gasteiger partial charge in [-0.3, -0.25) is 4.90 Å². The first-order valence-corrected chi connectivity index (χ1v) is 8.75. The van der Waals surface area contributed by atoms with Crippen LogP contribution in [0.5, 0.6) is 0 Å². The van der Waals surface area contributed by atoms with E-state index >= 15 is 0 Å². The molecular formula is C19H21FN4. The number of halogens is 1. The van der Waals surface area contributed by atoms with Gasteiger partial charge in [0.05, 0.1) is 23.4 Å². The molecule has 1 N–H and O–H groups in total. The van der Waals surface area contributed by atoms with Gasteiger partial charge in [-0.2, -0.15) is 5.26 Å². The second-order valence-electron chi connectivity index (χ2n) is 6.80. The van der Waals surface area contributed by atoms with Crippen LogP contribution in [0.2, 0.25) is 0 Å². The van der Waals surface area contributed by atoms with Crippen molar-refractivity contribution in [3.05, 3.63) is 52.4 Å². The van der Waals surface area contributed by atoms with E-state index in [1.54, 1.807) is 6.07 Å². The fraction of sp³-hybridized carbons (Fsp3) is 0.474. The largest absolute Gasteiger partial charge is 0.344 e. The molecule has 1 aromatic carbocycles. The van der Waals surface area contributed by atoms with Crippen LogP contribution in [0, 0.1) is 17.1 Å². The van der Waals surface area contributed by atoms with Crippen molar-refractivity contribution in [2.75, 3.05) is 6.54 Å². The van der Waals surface area contributed by atoms with Crippen LogP contribution in [0.1, 0.15) is 60.1 Å². The summed E-state index contributed by atoms with van der Waals surface area (Å²) in [6, 6.07) is 6.90. The maximum absolute atomic E-state index is 14.1. The minimum absolute atomic E-state index is 0.223. The molecular weight excluding hydrogens is 303 g/mol. The van der Waals surface area contributed by atoms with E-state index in [-0.39, 0.29) is 11.9 Å². The molecule has 2 aliphatic rings. The van der Waals surface area contributed by atoms with E-state index in [4.69, 9.17) is 10.2 Å². The Morgan fingerprint density at radius 1 is 1.29 bits per heavy atom. The van der Waals surface area contributed by atoms with E-state index in [2.05, 4.69) is 16.0 Å². The van der Waals surface area contributed by atoms with Crippen molar-refractivity contribution in [1.82, 2.24) is 14.9 Å². The lowest BCUT2D eigenvalue weighted by atomic mass is 10.0. The van der Waals surface area contributed by atoms with Crippen molar-refractivity contribution in [1.29, 1.82) is 5.26 Å². The third-order valence-electron chi connectivity index (χ3n) is 5.20. The number of hydrogen-bond acceptors (Lipinski definition) is 3. The van der Waals surface area contributed by atoms with Gasteiger partial charge in [0.2, 0.25) is 0 Å². The first kappa shape index (κ1) is 15.3. The Bertz CT molecular complexity index is 766. The highest BCUT2D eigenvalue weighted by Gasteiger charge is 2.30. The topological polar surface area (TPSA) is 55.7 Å². The highest BCUT2D eigenvalue weighted by Crippen LogP contribution is 2.33. The highest BCUT2D eigenvalue weighted by atomic mass is 19.1. The van der Waals surface area contributed by atoms with E-state index in [0.717, 1.165) is 38.1 Å². The molecule has 0 spiro atoms. The van der Waals surface area contributed by atoms with Crippen molar-refractivity contribution in [2.24, 2.45) is 0 Å².